The predicted molar refractivity (Wildman–Crippen MR) is 20.5 cm³/mol. The van der Waals surface area contributed by atoms with Crippen molar-refractivity contribution in [3.63, 3.8) is 0 Å². The topological polar surface area (TPSA) is 150 Å². The second-order valence-electron chi connectivity index (χ2n) is 0.408. The molecule has 9 heavy (non-hydrogen) atoms. The second kappa shape index (κ2) is 12.5. The van der Waals surface area contributed by atoms with Gasteiger partial charge in [-0.15, -0.1) is 0 Å². The van der Waals surface area contributed by atoms with Crippen LogP contribution in [0.2, 0.25) is 0 Å². The van der Waals surface area contributed by atoms with Crippen LogP contribution in [0.15, 0.2) is 0 Å². The van der Waals surface area contributed by atoms with E-state index in [1.165, 1.54) is 0 Å². The first-order valence-electron chi connectivity index (χ1n) is 0.667. The zero-order valence-corrected chi connectivity index (χ0v) is 10.3. The maximum atomic E-state index is 8.52. The van der Waals surface area contributed by atoms with Crippen molar-refractivity contribution in [2.75, 3.05) is 0 Å². The van der Waals surface area contributed by atoms with Crippen LogP contribution in [-0.4, -0.2) is 17.5 Å². The van der Waals surface area contributed by atoms with Gasteiger partial charge in [0.1, 0.15) is 0 Å². The van der Waals surface area contributed by atoms with E-state index in [2.05, 4.69) is 0 Å². The Morgan fingerprint density at radius 1 is 0.889 bits per heavy atom. The van der Waals surface area contributed by atoms with E-state index in [4.69, 9.17) is 17.5 Å². The van der Waals surface area contributed by atoms with Crippen molar-refractivity contribution in [1.82, 2.24) is 12.3 Å². The Kier molecular flexibility index (Phi) is 42.7. The smallest absolute Gasteiger partial charge is 0.759 e. The van der Waals surface area contributed by atoms with Gasteiger partial charge in [0.2, 0.25) is 0 Å². The molecule has 0 amide bonds. The first-order valence-corrected chi connectivity index (χ1v) is 2.00. The summed E-state index contributed by atoms with van der Waals surface area (Å²) in [5, 5.41) is 0. The molecule has 6 N–H and O–H groups in total. The van der Waals surface area contributed by atoms with Gasteiger partial charge in [0, 0.05) is 10.4 Å². The Morgan fingerprint density at radius 2 is 0.889 bits per heavy atom. The van der Waals surface area contributed by atoms with Gasteiger partial charge in [0.15, 0.2) is 0 Å². The van der Waals surface area contributed by atoms with E-state index in [1.54, 1.807) is 0 Å². The molecule has 0 aliphatic heterocycles. The van der Waals surface area contributed by atoms with E-state index in [0.717, 1.165) is 0 Å². The summed E-state index contributed by atoms with van der Waals surface area (Å²) in [7, 11) is -5.17. The van der Waals surface area contributed by atoms with E-state index in [9.17, 15) is 0 Å². The molecular formula is H6N2Na2O4S. The maximum absolute atomic E-state index is 8.52. The Morgan fingerprint density at radius 3 is 0.889 bits per heavy atom. The molecule has 0 unspecified atom stereocenters. The molecule has 0 radical (unpaired) electrons. The third-order valence-corrected chi connectivity index (χ3v) is 0. The molecule has 0 rings (SSSR count). The van der Waals surface area contributed by atoms with E-state index in [1.807, 2.05) is 0 Å². The van der Waals surface area contributed by atoms with Gasteiger partial charge in [-0.05, 0) is 0 Å². The summed E-state index contributed by atoms with van der Waals surface area (Å²) in [6, 6.07) is 0. The molecule has 6 nitrogen and oxygen atoms in total. The van der Waals surface area contributed by atoms with Gasteiger partial charge in [0.25, 0.3) is 0 Å². The molecule has 48 valence electrons. The summed E-state index contributed by atoms with van der Waals surface area (Å²) in [6.45, 7) is 0. The van der Waals surface area contributed by atoms with Crippen molar-refractivity contribution in [2.45, 2.75) is 0 Å². The first-order chi connectivity index (χ1) is 2.00. The fraction of sp³-hybridized carbons (Fsp3) is 0. The molecule has 0 atom stereocenters. The predicted octanol–water partition coefficient (Wildman–Crippen LogP) is -7.01. The summed E-state index contributed by atoms with van der Waals surface area (Å²) in [5.41, 5.74) is 0. The van der Waals surface area contributed by atoms with Crippen molar-refractivity contribution >= 4 is 10.4 Å². The van der Waals surface area contributed by atoms with E-state index in [-0.39, 0.29) is 71.4 Å². The van der Waals surface area contributed by atoms with Crippen LogP contribution in [-0.2, 0) is 10.4 Å². The van der Waals surface area contributed by atoms with E-state index < -0.39 is 10.4 Å². The molecule has 9 heteroatoms. The summed E-state index contributed by atoms with van der Waals surface area (Å²) >= 11 is 0. The van der Waals surface area contributed by atoms with Crippen molar-refractivity contribution in [3.05, 3.63) is 0 Å². The van der Waals surface area contributed by atoms with Gasteiger partial charge >= 0.3 is 59.1 Å². The summed E-state index contributed by atoms with van der Waals surface area (Å²) < 4.78 is 34.1. The molecule has 0 aromatic rings. The molecule has 0 heterocycles. The Bertz CT molecular complexity index is 99.7. The minimum Gasteiger partial charge on any atom is -0.759 e. The van der Waals surface area contributed by atoms with E-state index in [0.29, 0.717) is 0 Å². The van der Waals surface area contributed by atoms with Crippen LogP contribution < -0.4 is 71.4 Å². The van der Waals surface area contributed by atoms with Gasteiger partial charge in [-0.25, -0.2) is 0 Å². The minimum absolute atomic E-state index is 0. The standard InChI is InChI=1S/2H3N.2Na.H2O4S/c;;;;1-5(2,3)4/h2*1H3;;;(H2,1,2,3,4)/q;;2*+1;/p-2. The van der Waals surface area contributed by atoms with Gasteiger partial charge in [-0.2, -0.15) is 0 Å². The van der Waals surface area contributed by atoms with Crippen LogP contribution in [0.5, 0.6) is 0 Å². The zero-order valence-electron chi connectivity index (χ0n) is 5.46. The van der Waals surface area contributed by atoms with Crippen LogP contribution in [0.25, 0.3) is 0 Å². The Hall–Kier alpha value is 1.79. The van der Waals surface area contributed by atoms with Crippen LogP contribution in [0.3, 0.4) is 0 Å². The molecule has 0 bridgehead atoms. The van der Waals surface area contributed by atoms with Gasteiger partial charge in [-0.3, -0.25) is 8.42 Å². The zero-order chi connectivity index (χ0) is 4.50. The monoisotopic (exact) mass is 176 g/mol. The Balaban J connectivity index is -0.0000000133. The molecule has 0 aliphatic rings. The molecule has 0 aromatic heterocycles. The molecule has 0 fully saturated rings. The second-order valence-corrected chi connectivity index (χ2v) is 1.22. The third-order valence-electron chi connectivity index (χ3n) is 0. The first kappa shape index (κ1) is 30.8. The Labute approximate surface area is 98.1 Å². The number of hydrogen-bond donors (Lipinski definition) is 2. The van der Waals surface area contributed by atoms with Gasteiger partial charge in [-0.1, -0.05) is 0 Å². The van der Waals surface area contributed by atoms with Crippen molar-refractivity contribution in [1.29, 1.82) is 0 Å². The van der Waals surface area contributed by atoms with E-state index >= 15 is 0 Å². The van der Waals surface area contributed by atoms with Crippen LogP contribution >= 0.6 is 0 Å². The van der Waals surface area contributed by atoms with Crippen LogP contribution in [0, 0.1) is 0 Å². The molecule has 0 aromatic carbocycles. The fourth-order valence-electron chi connectivity index (χ4n) is 0. The SMILES string of the molecule is N.N.O=S(=O)([O-])[O-].[Na+].[Na+]. The summed E-state index contributed by atoms with van der Waals surface area (Å²) in [4.78, 5) is 0. The number of rotatable bonds is 0. The average molecular weight is 176 g/mol. The summed E-state index contributed by atoms with van der Waals surface area (Å²) in [5.74, 6) is 0. The maximum Gasteiger partial charge on any atom is 1.00 e. The van der Waals surface area contributed by atoms with Crippen LogP contribution in [0.4, 0.5) is 0 Å². The molecule has 0 spiro atoms. The molecular weight excluding hydrogens is 170 g/mol. The normalized spacial score (nSPS) is 6.44. The van der Waals surface area contributed by atoms with Crippen molar-refractivity contribution in [3.8, 4) is 0 Å². The fourth-order valence-corrected chi connectivity index (χ4v) is 0. The molecule has 0 saturated heterocycles. The van der Waals surface area contributed by atoms with Gasteiger partial charge < -0.3 is 21.4 Å². The molecule has 0 aliphatic carbocycles. The summed E-state index contributed by atoms with van der Waals surface area (Å²) in [6.07, 6.45) is 0. The third kappa shape index (κ3) is 185. The largest absolute Gasteiger partial charge is 1.00 e. The average Bonchev–Trinajstić information content (AvgIpc) is 0.722. The quantitative estimate of drug-likeness (QED) is 0.212. The van der Waals surface area contributed by atoms with Crippen molar-refractivity contribution in [2.24, 2.45) is 0 Å². The van der Waals surface area contributed by atoms with Gasteiger partial charge in [0.05, 0.1) is 0 Å². The molecule has 0 saturated carbocycles. The number of hydrogen-bond acceptors (Lipinski definition) is 6. The van der Waals surface area contributed by atoms with Crippen molar-refractivity contribution < 1.29 is 76.6 Å². The van der Waals surface area contributed by atoms with Crippen LogP contribution in [0.1, 0.15) is 0 Å². The minimum atomic E-state index is -5.17.